The smallest absolute Gasteiger partial charge is 0.262 e. The average Bonchev–Trinajstić information content (AvgIpc) is 3.45. The Morgan fingerprint density at radius 2 is 1.96 bits per heavy atom. The molecule has 0 radical (unpaired) electrons. The van der Waals surface area contributed by atoms with Gasteiger partial charge in [0.25, 0.3) is 5.91 Å². The normalized spacial score (nSPS) is 13.3. The highest BCUT2D eigenvalue weighted by Gasteiger charge is 2.21. The molecule has 1 fully saturated rings. The maximum Gasteiger partial charge on any atom is 0.262 e. The van der Waals surface area contributed by atoms with E-state index in [1.165, 1.54) is 12.8 Å². The van der Waals surface area contributed by atoms with Crippen molar-refractivity contribution in [3.63, 3.8) is 0 Å². The van der Waals surface area contributed by atoms with Crippen molar-refractivity contribution < 1.29 is 14.3 Å². The maximum atomic E-state index is 12.1. The molecule has 3 rings (SSSR count). The third-order valence-electron chi connectivity index (χ3n) is 4.14. The lowest BCUT2D eigenvalue weighted by atomic mass is 10.2. The van der Waals surface area contributed by atoms with E-state index in [4.69, 9.17) is 9.47 Å². The van der Waals surface area contributed by atoms with Gasteiger partial charge in [0.1, 0.15) is 0 Å². The van der Waals surface area contributed by atoms with Crippen LogP contribution in [0.2, 0.25) is 0 Å². The molecule has 0 spiro atoms. The molecule has 1 aliphatic rings. The summed E-state index contributed by atoms with van der Waals surface area (Å²) in [4.78, 5) is 12.1. The van der Waals surface area contributed by atoms with Gasteiger partial charge in [-0.2, -0.15) is 0 Å². The Morgan fingerprint density at radius 3 is 2.62 bits per heavy atom. The van der Waals surface area contributed by atoms with E-state index in [1.54, 1.807) is 7.11 Å². The molecular weight excluding hydrogens is 396 g/mol. The van der Waals surface area contributed by atoms with E-state index < -0.39 is 0 Å². The zero-order chi connectivity index (χ0) is 18.5. The van der Waals surface area contributed by atoms with Crippen LogP contribution in [0.4, 0.5) is 5.69 Å². The van der Waals surface area contributed by atoms with Gasteiger partial charge < -0.3 is 20.1 Å². The van der Waals surface area contributed by atoms with Gasteiger partial charge in [-0.3, -0.25) is 4.79 Å². The molecule has 2 aromatic rings. The van der Waals surface area contributed by atoms with E-state index in [2.05, 4.69) is 26.6 Å². The molecule has 1 saturated carbocycles. The third kappa shape index (κ3) is 5.22. The Morgan fingerprint density at radius 1 is 1.23 bits per heavy atom. The number of amides is 1. The lowest BCUT2D eigenvalue weighted by molar-refractivity contribution is -0.118. The van der Waals surface area contributed by atoms with Crippen LogP contribution in [0.1, 0.15) is 24.0 Å². The number of hydrogen-bond acceptors (Lipinski definition) is 4. The van der Waals surface area contributed by atoms with Crippen LogP contribution in [0.25, 0.3) is 0 Å². The summed E-state index contributed by atoms with van der Waals surface area (Å²) in [7, 11) is 1.60. The first-order valence-electron chi connectivity index (χ1n) is 8.64. The van der Waals surface area contributed by atoms with Crippen LogP contribution in [0.15, 0.2) is 40.9 Å². The highest BCUT2D eigenvalue weighted by molar-refractivity contribution is 9.10. The van der Waals surface area contributed by atoms with Crippen molar-refractivity contribution in [2.24, 2.45) is 0 Å². The zero-order valence-electron chi connectivity index (χ0n) is 15.0. The first-order valence-corrected chi connectivity index (χ1v) is 9.43. The molecule has 138 valence electrons. The number of rotatable bonds is 8. The molecular formula is C20H23BrN2O3. The van der Waals surface area contributed by atoms with Gasteiger partial charge in [-0.05, 0) is 65.5 Å². The van der Waals surface area contributed by atoms with Gasteiger partial charge in [-0.25, -0.2) is 0 Å². The van der Waals surface area contributed by atoms with Gasteiger partial charge in [-0.15, -0.1) is 0 Å². The van der Waals surface area contributed by atoms with E-state index >= 15 is 0 Å². The SMILES string of the molecule is COc1cc(CNC2CC2)cc(Br)c1OCC(=O)Nc1ccc(C)cc1. The summed E-state index contributed by atoms with van der Waals surface area (Å²) in [5.74, 6) is 0.916. The Kier molecular flexibility index (Phi) is 6.16. The fraction of sp³-hybridized carbons (Fsp3) is 0.350. The van der Waals surface area contributed by atoms with Gasteiger partial charge in [-0.1, -0.05) is 17.7 Å². The standard InChI is InChI=1S/C20H23BrN2O3/c1-13-3-5-16(6-4-13)23-19(24)12-26-20-17(21)9-14(10-18(20)25-2)11-22-15-7-8-15/h3-6,9-10,15,22H,7-8,11-12H2,1-2H3,(H,23,24). The van der Waals surface area contributed by atoms with Gasteiger partial charge in [0.2, 0.25) is 0 Å². The Labute approximate surface area is 162 Å². The largest absolute Gasteiger partial charge is 0.493 e. The fourth-order valence-corrected chi connectivity index (χ4v) is 3.14. The molecule has 0 heterocycles. The highest BCUT2D eigenvalue weighted by atomic mass is 79.9. The van der Waals surface area contributed by atoms with E-state index in [1.807, 2.05) is 43.3 Å². The zero-order valence-corrected chi connectivity index (χ0v) is 16.6. The van der Waals surface area contributed by atoms with Crippen molar-refractivity contribution in [3.05, 3.63) is 52.0 Å². The van der Waals surface area contributed by atoms with Crippen molar-refractivity contribution in [2.45, 2.75) is 32.4 Å². The lowest BCUT2D eigenvalue weighted by Gasteiger charge is -2.15. The summed E-state index contributed by atoms with van der Waals surface area (Å²) in [6.07, 6.45) is 2.49. The number of anilines is 1. The number of carbonyl (C=O) groups is 1. The summed E-state index contributed by atoms with van der Waals surface area (Å²) in [6, 6.07) is 12.2. The van der Waals surface area contributed by atoms with Crippen molar-refractivity contribution >= 4 is 27.5 Å². The van der Waals surface area contributed by atoms with Crippen LogP contribution in [-0.4, -0.2) is 25.7 Å². The first kappa shape index (κ1) is 18.7. The second kappa shape index (κ2) is 8.56. The topological polar surface area (TPSA) is 59.6 Å². The number of halogens is 1. The molecule has 0 bridgehead atoms. The maximum absolute atomic E-state index is 12.1. The van der Waals surface area contributed by atoms with Crippen molar-refractivity contribution in [1.29, 1.82) is 0 Å². The summed E-state index contributed by atoms with van der Waals surface area (Å²) in [5.41, 5.74) is 3.00. The molecule has 26 heavy (non-hydrogen) atoms. The van der Waals surface area contributed by atoms with Crippen LogP contribution in [0.5, 0.6) is 11.5 Å². The van der Waals surface area contributed by atoms with E-state index in [0.29, 0.717) is 17.5 Å². The minimum absolute atomic E-state index is 0.0947. The number of nitrogens with one attached hydrogen (secondary N) is 2. The molecule has 1 aliphatic carbocycles. The van der Waals surface area contributed by atoms with E-state index in [-0.39, 0.29) is 12.5 Å². The summed E-state index contributed by atoms with van der Waals surface area (Å²) < 4.78 is 11.9. The number of carbonyl (C=O) groups excluding carboxylic acids is 1. The Balaban J connectivity index is 1.60. The van der Waals surface area contributed by atoms with E-state index in [9.17, 15) is 4.79 Å². The molecule has 0 atom stereocenters. The monoisotopic (exact) mass is 418 g/mol. The number of benzene rings is 2. The van der Waals surface area contributed by atoms with Crippen molar-refractivity contribution in [2.75, 3.05) is 19.0 Å². The average molecular weight is 419 g/mol. The highest BCUT2D eigenvalue weighted by Crippen LogP contribution is 2.37. The molecule has 0 aliphatic heterocycles. The second-order valence-electron chi connectivity index (χ2n) is 6.47. The van der Waals surface area contributed by atoms with E-state index in [0.717, 1.165) is 27.8 Å². The van der Waals surface area contributed by atoms with Gasteiger partial charge >= 0.3 is 0 Å². The van der Waals surface area contributed by atoms with Crippen molar-refractivity contribution in [1.82, 2.24) is 5.32 Å². The fourth-order valence-electron chi connectivity index (χ4n) is 2.54. The molecule has 0 saturated heterocycles. The van der Waals surface area contributed by atoms with Crippen LogP contribution >= 0.6 is 15.9 Å². The Hall–Kier alpha value is -2.05. The van der Waals surface area contributed by atoms with Crippen LogP contribution in [-0.2, 0) is 11.3 Å². The lowest BCUT2D eigenvalue weighted by Crippen LogP contribution is -2.20. The minimum atomic E-state index is -0.220. The first-order chi connectivity index (χ1) is 12.5. The second-order valence-corrected chi connectivity index (χ2v) is 7.32. The molecule has 2 aromatic carbocycles. The molecule has 0 unspecified atom stereocenters. The molecule has 2 N–H and O–H groups in total. The number of methoxy groups -OCH3 is 1. The third-order valence-corrected chi connectivity index (χ3v) is 4.73. The molecule has 1 amide bonds. The molecule has 5 nitrogen and oxygen atoms in total. The van der Waals surface area contributed by atoms with Crippen LogP contribution < -0.4 is 20.1 Å². The number of ether oxygens (including phenoxy) is 2. The summed E-state index contributed by atoms with van der Waals surface area (Å²) >= 11 is 3.52. The summed E-state index contributed by atoms with van der Waals surface area (Å²) in [6.45, 7) is 2.69. The number of aryl methyl sites for hydroxylation is 1. The Bertz CT molecular complexity index is 773. The predicted molar refractivity (Wildman–Crippen MR) is 106 cm³/mol. The van der Waals surface area contributed by atoms with Gasteiger partial charge in [0, 0.05) is 18.3 Å². The molecule has 0 aromatic heterocycles. The quantitative estimate of drug-likeness (QED) is 0.678. The predicted octanol–water partition coefficient (Wildman–Crippen LogP) is 4.04. The van der Waals surface area contributed by atoms with Crippen LogP contribution in [0.3, 0.4) is 0 Å². The minimum Gasteiger partial charge on any atom is -0.493 e. The van der Waals surface area contributed by atoms with Gasteiger partial charge in [0.15, 0.2) is 18.1 Å². The summed E-state index contributed by atoms with van der Waals surface area (Å²) in [5, 5.41) is 6.29. The molecule has 6 heteroatoms. The van der Waals surface area contributed by atoms with Crippen LogP contribution in [0, 0.1) is 6.92 Å². The number of hydrogen-bond donors (Lipinski definition) is 2. The van der Waals surface area contributed by atoms with Crippen molar-refractivity contribution in [3.8, 4) is 11.5 Å². The van der Waals surface area contributed by atoms with Gasteiger partial charge in [0.05, 0.1) is 11.6 Å².